The molecule has 1 aliphatic carbocycles. The monoisotopic (exact) mass is 284 g/mol. The summed E-state index contributed by atoms with van der Waals surface area (Å²) in [5.41, 5.74) is 7.42. The van der Waals surface area contributed by atoms with E-state index < -0.39 is 0 Å². The minimum absolute atomic E-state index is 0.0577. The summed E-state index contributed by atoms with van der Waals surface area (Å²) in [6, 6.07) is 10.3. The molecule has 2 aromatic rings. The minimum Gasteiger partial charge on any atom is -0.349 e. The maximum absolute atomic E-state index is 12.2. The number of nitrogens with two attached hydrogens (primary N) is 1. The van der Waals surface area contributed by atoms with Crippen LogP contribution in [-0.4, -0.2) is 27.8 Å². The first-order chi connectivity index (χ1) is 10.2. The van der Waals surface area contributed by atoms with E-state index in [0.29, 0.717) is 11.6 Å². The average Bonchev–Trinajstić information content (AvgIpc) is 3.00. The number of carbonyl (C=O) groups is 1. The van der Waals surface area contributed by atoms with Crippen molar-refractivity contribution in [2.24, 2.45) is 5.73 Å². The number of para-hydroxylation sites is 1. The molecular formula is C16H20N4O. The van der Waals surface area contributed by atoms with Crippen LogP contribution in [0.25, 0.3) is 5.69 Å². The van der Waals surface area contributed by atoms with Gasteiger partial charge in [0.2, 0.25) is 0 Å². The van der Waals surface area contributed by atoms with E-state index in [-0.39, 0.29) is 11.9 Å². The zero-order valence-electron chi connectivity index (χ0n) is 11.9. The van der Waals surface area contributed by atoms with Gasteiger partial charge in [-0.3, -0.25) is 4.79 Å². The second-order valence-electron chi connectivity index (χ2n) is 5.59. The third-order valence-corrected chi connectivity index (χ3v) is 3.97. The second-order valence-corrected chi connectivity index (χ2v) is 5.59. The molecule has 0 unspecified atom stereocenters. The Hall–Kier alpha value is -2.14. The van der Waals surface area contributed by atoms with E-state index in [0.717, 1.165) is 31.4 Å². The Morgan fingerprint density at radius 2 is 1.90 bits per heavy atom. The standard InChI is InChI=1S/C16H20N4O/c17-13-6-8-14(9-7-13)19-16(21)12-10-18-20(11-12)15-4-2-1-3-5-15/h1-5,10-11,13-14H,6-9,17H2,(H,19,21). The molecule has 5 heteroatoms. The van der Waals surface area contributed by atoms with Crippen LogP contribution in [0.3, 0.4) is 0 Å². The van der Waals surface area contributed by atoms with Gasteiger partial charge in [0.25, 0.3) is 5.91 Å². The molecule has 0 radical (unpaired) electrons. The van der Waals surface area contributed by atoms with Crippen LogP contribution in [0.5, 0.6) is 0 Å². The molecule has 1 aliphatic rings. The lowest BCUT2D eigenvalue weighted by molar-refractivity contribution is 0.0926. The SMILES string of the molecule is NC1CCC(NC(=O)c2cnn(-c3ccccc3)c2)CC1. The molecule has 5 nitrogen and oxygen atoms in total. The molecule has 3 N–H and O–H groups in total. The lowest BCUT2D eigenvalue weighted by atomic mass is 9.92. The van der Waals surface area contributed by atoms with Crippen molar-refractivity contribution >= 4 is 5.91 Å². The topological polar surface area (TPSA) is 72.9 Å². The van der Waals surface area contributed by atoms with Gasteiger partial charge < -0.3 is 11.1 Å². The van der Waals surface area contributed by atoms with Crippen molar-refractivity contribution in [1.29, 1.82) is 0 Å². The van der Waals surface area contributed by atoms with E-state index in [2.05, 4.69) is 10.4 Å². The normalized spacial score (nSPS) is 22.0. The lowest BCUT2D eigenvalue weighted by Crippen LogP contribution is -2.40. The molecule has 1 saturated carbocycles. The predicted molar refractivity (Wildman–Crippen MR) is 81.3 cm³/mol. The van der Waals surface area contributed by atoms with Gasteiger partial charge >= 0.3 is 0 Å². The number of hydrogen-bond donors (Lipinski definition) is 2. The summed E-state index contributed by atoms with van der Waals surface area (Å²) in [6.07, 6.45) is 7.25. The summed E-state index contributed by atoms with van der Waals surface area (Å²) in [6.45, 7) is 0. The summed E-state index contributed by atoms with van der Waals surface area (Å²) < 4.78 is 1.71. The van der Waals surface area contributed by atoms with E-state index in [1.807, 2.05) is 30.3 Å². The van der Waals surface area contributed by atoms with E-state index in [1.54, 1.807) is 17.1 Å². The molecule has 110 valence electrons. The van der Waals surface area contributed by atoms with Crippen LogP contribution in [0.15, 0.2) is 42.7 Å². The maximum atomic E-state index is 12.2. The Labute approximate surface area is 124 Å². The molecule has 0 saturated heterocycles. The fourth-order valence-corrected chi connectivity index (χ4v) is 2.69. The summed E-state index contributed by atoms with van der Waals surface area (Å²) in [5, 5.41) is 7.32. The van der Waals surface area contributed by atoms with Crippen LogP contribution >= 0.6 is 0 Å². The van der Waals surface area contributed by atoms with Crippen LogP contribution in [0.4, 0.5) is 0 Å². The van der Waals surface area contributed by atoms with E-state index in [4.69, 9.17) is 5.73 Å². The van der Waals surface area contributed by atoms with Crippen LogP contribution in [-0.2, 0) is 0 Å². The van der Waals surface area contributed by atoms with Crippen molar-refractivity contribution in [3.63, 3.8) is 0 Å². The molecule has 0 spiro atoms. The molecule has 21 heavy (non-hydrogen) atoms. The average molecular weight is 284 g/mol. The van der Waals surface area contributed by atoms with Gasteiger partial charge in [-0.05, 0) is 37.8 Å². The maximum Gasteiger partial charge on any atom is 0.254 e. The number of amides is 1. The lowest BCUT2D eigenvalue weighted by Gasteiger charge is -2.26. The predicted octanol–water partition coefficient (Wildman–Crippen LogP) is 1.87. The molecule has 0 atom stereocenters. The van der Waals surface area contributed by atoms with Crippen LogP contribution in [0.1, 0.15) is 36.0 Å². The molecule has 0 aliphatic heterocycles. The first-order valence-electron chi connectivity index (χ1n) is 7.39. The van der Waals surface area contributed by atoms with Crippen molar-refractivity contribution in [2.45, 2.75) is 37.8 Å². The highest BCUT2D eigenvalue weighted by Crippen LogP contribution is 2.17. The molecule has 1 fully saturated rings. The largest absolute Gasteiger partial charge is 0.349 e. The van der Waals surface area contributed by atoms with Crippen molar-refractivity contribution < 1.29 is 4.79 Å². The Bertz CT molecular complexity index is 600. The highest BCUT2D eigenvalue weighted by molar-refractivity contribution is 5.94. The first kappa shape index (κ1) is 13.8. The molecule has 1 aromatic heterocycles. The number of nitrogens with zero attached hydrogens (tertiary/aromatic N) is 2. The summed E-state index contributed by atoms with van der Waals surface area (Å²) >= 11 is 0. The van der Waals surface area contributed by atoms with Gasteiger partial charge in [0.05, 0.1) is 17.4 Å². The molecule has 0 bridgehead atoms. The van der Waals surface area contributed by atoms with Crippen LogP contribution < -0.4 is 11.1 Å². The van der Waals surface area contributed by atoms with Crippen molar-refractivity contribution in [3.8, 4) is 5.69 Å². The molecule has 1 aromatic carbocycles. The minimum atomic E-state index is -0.0577. The van der Waals surface area contributed by atoms with Crippen LogP contribution in [0.2, 0.25) is 0 Å². The second kappa shape index (κ2) is 6.10. The van der Waals surface area contributed by atoms with Crippen molar-refractivity contribution in [1.82, 2.24) is 15.1 Å². The smallest absolute Gasteiger partial charge is 0.254 e. The highest BCUT2D eigenvalue weighted by Gasteiger charge is 2.21. The van der Waals surface area contributed by atoms with Gasteiger partial charge in [0, 0.05) is 18.3 Å². The van der Waals surface area contributed by atoms with Crippen molar-refractivity contribution in [2.75, 3.05) is 0 Å². The number of rotatable bonds is 3. The zero-order valence-corrected chi connectivity index (χ0v) is 11.9. The van der Waals surface area contributed by atoms with Gasteiger partial charge in [-0.25, -0.2) is 4.68 Å². The third kappa shape index (κ3) is 3.31. The fourth-order valence-electron chi connectivity index (χ4n) is 2.69. The Kier molecular flexibility index (Phi) is 4.01. The Balaban J connectivity index is 1.64. The number of hydrogen-bond acceptors (Lipinski definition) is 3. The molecule has 3 rings (SSSR count). The van der Waals surface area contributed by atoms with E-state index in [1.165, 1.54) is 0 Å². The quantitative estimate of drug-likeness (QED) is 0.903. The number of benzene rings is 1. The summed E-state index contributed by atoms with van der Waals surface area (Å²) in [5.74, 6) is -0.0577. The van der Waals surface area contributed by atoms with Gasteiger partial charge in [0.1, 0.15) is 0 Å². The van der Waals surface area contributed by atoms with Gasteiger partial charge in [-0.15, -0.1) is 0 Å². The summed E-state index contributed by atoms with van der Waals surface area (Å²) in [7, 11) is 0. The van der Waals surface area contributed by atoms with Gasteiger partial charge in [-0.2, -0.15) is 5.10 Å². The number of aromatic nitrogens is 2. The Morgan fingerprint density at radius 3 is 2.62 bits per heavy atom. The van der Waals surface area contributed by atoms with E-state index in [9.17, 15) is 4.79 Å². The zero-order chi connectivity index (χ0) is 14.7. The number of carbonyl (C=O) groups excluding carboxylic acids is 1. The molecule has 1 amide bonds. The fraction of sp³-hybridized carbons (Fsp3) is 0.375. The number of nitrogens with one attached hydrogen (secondary N) is 1. The van der Waals surface area contributed by atoms with E-state index >= 15 is 0 Å². The Morgan fingerprint density at radius 1 is 1.19 bits per heavy atom. The molecular weight excluding hydrogens is 264 g/mol. The third-order valence-electron chi connectivity index (χ3n) is 3.97. The summed E-state index contributed by atoms with van der Waals surface area (Å²) in [4.78, 5) is 12.2. The van der Waals surface area contributed by atoms with Gasteiger partial charge in [0.15, 0.2) is 0 Å². The molecule has 1 heterocycles. The highest BCUT2D eigenvalue weighted by atomic mass is 16.1. The van der Waals surface area contributed by atoms with Crippen molar-refractivity contribution in [3.05, 3.63) is 48.3 Å². The van der Waals surface area contributed by atoms with Crippen LogP contribution in [0, 0.1) is 0 Å². The van der Waals surface area contributed by atoms with Gasteiger partial charge in [-0.1, -0.05) is 18.2 Å². The first-order valence-corrected chi connectivity index (χ1v) is 7.39.